The molecule has 2 bridgehead atoms. The molecular formula is C46H67BO16. The van der Waals surface area contributed by atoms with Gasteiger partial charge >= 0.3 is 48.9 Å². The minimum absolute atomic E-state index is 0.0130. The van der Waals surface area contributed by atoms with E-state index in [1.165, 1.54) is 13.8 Å². The number of aryl methyl sites for hydroxylation is 1. The minimum atomic E-state index is -1.51. The average Bonchev–Trinajstić information content (AvgIpc) is 3.47. The molecule has 1 heterocycles. The number of fused-ring (bicyclic) bond motifs is 2. The number of allylic oxidation sites excluding steroid dienone is 2. The Morgan fingerprint density at radius 3 is 1.83 bits per heavy atom. The number of unbranched alkanes of at least 4 members (excludes halogenated alkanes) is 2. The topological polar surface area (TPSA) is 214 Å². The quantitative estimate of drug-likeness (QED) is 0.0305. The minimum Gasteiger partial charge on any atom is -0.479 e. The maximum Gasteiger partial charge on any atom is 0.457 e. The fourth-order valence-corrected chi connectivity index (χ4v) is 7.48. The van der Waals surface area contributed by atoms with Crippen LogP contribution in [0.5, 0.6) is 0 Å². The second-order valence-corrected chi connectivity index (χ2v) is 16.5. The van der Waals surface area contributed by atoms with Gasteiger partial charge in [0, 0.05) is 18.6 Å². The van der Waals surface area contributed by atoms with Gasteiger partial charge in [-0.15, -0.1) is 0 Å². The summed E-state index contributed by atoms with van der Waals surface area (Å²) >= 11 is 0. The lowest BCUT2D eigenvalue weighted by molar-refractivity contribution is -0.184. The van der Waals surface area contributed by atoms with Crippen LogP contribution in [0.4, 0.5) is 0 Å². The van der Waals surface area contributed by atoms with Crippen LogP contribution < -0.4 is 0 Å². The molecule has 0 radical (unpaired) electrons. The third-order valence-corrected chi connectivity index (χ3v) is 10.9. The zero-order chi connectivity index (χ0) is 46.5. The SMILES string of the molecule is CCCCB1O[C@H]2C[C@@H](O1)[C@H](C/C=C\CCCC(=O)OC(C)C)[C@H]2CC[C@H](CCc1ccccc1)OC(=O)CCC(=O)O[C@H](C)C(=O)O[C@H](C)C(=O)O[C@H](C)C(=O)O[C@H](C)C(=O)O. The van der Waals surface area contributed by atoms with Crippen molar-refractivity contribution in [1.29, 1.82) is 0 Å². The van der Waals surface area contributed by atoms with E-state index < -0.39 is 66.3 Å². The van der Waals surface area contributed by atoms with E-state index in [4.69, 9.17) is 38.1 Å². The maximum absolute atomic E-state index is 13.2. The van der Waals surface area contributed by atoms with Crippen molar-refractivity contribution in [1.82, 2.24) is 0 Å². The van der Waals surface area contributed by atoms with E-state index in [0.29, 0.717) is 32.1 Å². The molecule has 17 heteroatoms. The molecule has 1 aromatic rings. The first-order valence-electron chi connectivity index (χ1n) is 22.4. The van der Waals surface area contributed by atoms with Gasteiger partial charge in [-0.3, -0.25) is 14.4 Å². The van der Waals surface area contributed by atoms with Gasteiger partial charge in [0.2, 0.25) is 0 Å². The molecule has 1 aromatic carbocycles. The summed E-state index contributed by atoms with van der Waals surface area (Å²) < 4.78 is 44.0. The lowest BCUT2D eigenvalue weighted by Crippen LogP contribution is -2.37. The summed E-state index contributed by atoms with van der Waals surface area (Å²) in [4.78, 5) is 85.8. The van der Waals surface area contributed by atoms with Gasteiger partial charge in [-0.05, 0) is 117 Å². The smallest absolute Gasteiger partial charge is 0.457 e. The van der Waals surface area contributed by atoms with Crippen LogP contribution in [0.25, 0.3) is 0 Å². The van der Waals surface area contributed by atoms with Gasteiger partial charge in [0.25, 0.3) is 0 Å². The summed E-state index contributed by atoms with van der Waals surface area (Å²) in [6.45, 7) is 10.5. The molecule has 9 atom stereocenters. The highest BCUT2D eigenvalue weighted by molar-refractivity contribution is 6.44. The third kappa shape index (κ3) is 19.3. The Balaban J connectivity index is 1.56. The Morgan fingerprint density at radius 2 is 1.24 bits per heavy atom. The molecule has 2 fully saturated rings. The van der Waals surface area contributed by atoms with E-state index in [2.05, 4.69) is 23.8 Å². The number of ether oxygens (including phenoxy) is 6. The van der Waals surface area contributed by atoms with Gasteiger partial charge in [0.05, 0.1) is 18.9 Å². The van der Waals surface area contributed by atoms with Crippen molar-refractivity contribution in [3.8, 4) is 0 Å². The number of rotatable bonds is 28. The van der Waals surface area contributed by atoms with Crippen molar-refractivity contribution >= 4 is 48.9 Å². The first kappa shape index (κ1) is 52.6. The summed E-state index contributed by atoms with van der Waals surface area (Å²) in [7, 11) is -0.253. The molecule has 1 saturated carbocycles. The van der Waals surface area contributed by atoms with Crippen molar-refractivity contribution in [2.45, 2.75) is 187 Å². The second-order valence-electron chi connectivity index (χ2n) is 16.5. The Kier molecular flexibility index (Phi) is 22.9. The van der Waals surface area contributed by atoms with Crippen molar-refractivity contribution in [3.63, 3.8) is 0 Å². The lowest BCUT2D eigenvalue weighted by Gasteiger charge is -2.28. The summed E-state index contributed by atoms with van der Waals surface area (Å²) in [5, 5.41) is 8.90. The first-order chi connectivity index (χ1) is 30.0. The van der Waals surface area contributed by atoms with Crippen LogP contribution in [0.3, 0.4) is 0 Å². The van der Waals surface area contributed by atoms with Crippen LogP contribution in [0.2, 0.25) is 6.32 Å². The fourth-order valence-electron chi connectivity index (χ4n) is 7.48. The zero-order valence-corrected chi connectivity index (χ0v) is 37.9. The average molecular weight is 887 g/mol. The highest BCUT2D eigenvalue weighted by Gasteiger charge is 2.50. The molecule has 0 spiro atoms. The fraction of sp³-hybridized carbons (Fsp3) is 0.674. The van der Waals surface area contributed by atoms with Crippen LogP contribution >= 0.6 is 0 Å². The normalized spacial score (nSPS) is 20.5. The Morgan fingerprint density at radius 1 is 0.683 bits per heavy atom. The van der Waals surface area contributed by atoms with E-state index in [0.717, 1.165) is 64.3 Å². The van der Waals surface area contributed by atoms with Gasteiger partial charge in [0.15, 0.2) is 24.4 Å². The number of hydrogen-bond donors (Lipinski definition) is 1. The Hall–Kier alpha value is -4.77. The molecule has 0 unspecified atom stereocenters. The van der Waals surface area contributed by atoms with Crippen LogP contribution in [0.15, 0.2) is 42.5 Å². The molecule has 16 nitrogen and oxygen atoms in total. The number of carbonyl (C=O) groups is 7. The molecule has 1 N–H and O–H groups in total. The number of hydrogen-bond acceptors (Lipinski definition) is 15. The highest BCUT2D eigenvalue weighted by atomic mass is 16.6. The number of aliphatic carboxylic acids is 1. The van der Waals surface area contributed by atoms with Gasteiger partial charge in [-0.2, -0.15) is 0 Å². The van der Waals surface area contributed by atoms with E-state index >= 15 is 0 Å². The monoisotopic (exact) mass is 886 g/mol. The second kappa shape index (κ2) is 27.4. The standard InChI is InChI=1S/C46H67BO16/c1-8-9-27-47-62-38-28-39(63-47)37(36(38)19-15-10-11-16-20-40(48)56-29(2)3)24-23-35(22-21-34-17-13-12-14-18-34)61-42(50)26-25-41(49)57-31(5)44(53)59-33(7)46(55)60-32(6)45(54)58-30(4)43(51)52/h10,12-15,17-18,29-33,35-39H,8-9,11,16,19-28H2,1-7H3,(H,51,52)/b15-10-/t30-,31-,32-,33-,35+,36-,37-,38-,39+/m1/s1. The molecule has 0 amide bonds. The maximum atomic E-state index is 13.2. The predicted molar refractivity (Wildman–Crippen MR) is 229 cm³/mol. The van der Waals surface area contributed by atoms with Gasteiger partial charge in [-0.1, -0.05) is 62.2 Å². The van der Waals surface area contributed by atoms with Crippen LogP contribution in [0, 0.1) is 11.8 Å². The van der Waals surface area contributed by atoms with Gasteiger partial charge in [0.1, 0.15) is 6.10 Å². The molecule has 3 rings (SSSR count). The molecule has 1 aliphatic carbocycles. The molecule has 2 aliphatic rings. The molecular weight excluding hydrogens is 819 g/mol. The van der Waals surface area contributed by atoms with Crippen molar-refractivity contribution in [2.75, 3.05) is 0 Å². The molecule has 0 aromatic heterocycles. The van der Waals surface area contributed by atoms with Crippen LogP contribution in [0.1, 0.15) is 131 Å². The molecule has 350 valence electrons. The first-order valence-corrected chi connectivity index (χ1v) is 22.4. The van der Waals surface area contributed by atoms with Crippen LogP contribution in [-0.4, -0.2) is 103 Å². The summed E-state index contributed by atoms with van der Waals surface area (Å²) in [5.41, 5.74) is 1.10. The zero-order valence-electron chi connectivity index (χ0n) is 37.9. The Bertz CT molecular complexity index is 1670. The molecule has 1 saturated heterocycles. The number of carbonyl (C=O) groups excluding carboxylic acids is 6. The lowest BCUT2D eigenvalue weighted by atomic mass is 9.80. The summed E-state index contributed by atoms with van der Waals surface area (Å²) in [6, 6.07) is 9.89. The van der Waals surface area contributed by atoms with E-state index in [1.54, 1.807) is 0 Å². The number of carboxylic acid groups (broad SMARTS) is 1. The predicted octanol–water partition coefficient (Wildman–Crippen LogP) is 6.68. The van der Waals surface area contributed by atoms with Crippen molar-refractivity contribution < 1.29 is 76.4 Å². The Labute approximate surface area is 371 Å². The largest absolute Gasteiger partial charge is 0.479 e. The van der Waals surface area contributed by atoms with E-state index in [-0.39, 0.29) is 56.1 Å². The number of benzene rings is 1. The third-order valence-electron chi connectivity index (χ3n) is 10.9. The number of esters is 6. The van der Waals surface area contributed by atoms with Crippen molar-refractivity contribution in [2.24, 2.45) is 11.8 Å². The van der Waals surface area contributed by atoms with E-state index in [1.807, 2.05) is 44.2 Å². The van der Waals surface area contributed by atoms with Crippen LogP contribution in [-0.2, 0) is 77.7 Å². The summed E-state index contributed by atoms with van der Waals surface area (Å²) in [5.74, 6) is -5.98. The van der Waals surface area contributed by atoms with Gasteiger partial charge < -0.3 is 42.8 Å². The highest BCUT2D eigenvalue weighted by Crippen LogP contribution is 2.45. The van der Waals surface area contributed by atoms with E-state index in [9.17, 15) is 33.6 Å². The summed E-state index contributed by atoms with van der Waals surface area (Å²) in [6.07, 6.45) is 6.01. The molecule has 1 aliphatic heterocycles. The van der Waals surface area contributed by atoms with Crippen molar-refractivity contribution in [3.05, 3.63) is 48.0 Å². The van der Waals surface area contributed by atoms with Gasteiger partial charge in [-0.25, -0.2) is 19.2 Å². The molecule has 63 heavy (non-hydrogen) atoms. The number of carboxylic acids is 1.